The number of hydrogen-bond donors (Lipinski definition) is 2. The Hall–Kier alpha value is -1.59. The highest BCUT2D eigenvalue weighted by Gasteiger charge is 2.24. The van der Waals surface area contributed by atoms with Gasteiger partial charge >= 0.3 is 0 Å². The fraction of sp³-hybridized carbons (Fsp3) is 0.682. The Kier molecular flexibility index (Phi) is 7.13. The number of rotatable bonds is 4. The van der Waals surface area contributed by atoms with E-state index < -0.39 is 0 Å². The van der Waals surface area contributed by atoms with Crippen molar-refractivity contribution >= 4 is 5.96 Å². The molecule has 5 heteroatoms. The van der Waals surface area contributed by atoms with Crippen molar-refractivity contribution < 1.29 is 5.11 Å². The molecule has 2 fully saturated rings. The maximum Gasteiger partial charge on any atom is 0.193 e. The highest BCUT2D eigenvalue weighted by Crippen LogP contribution is 2.21. The molecule has 0 aromatic heterocycles. The van der Waals surface area contributed by atoms with Gasteiger partial charge in [0.05, 0.1) is 6.10 Å². The van der Waals surface area contributed by atoms with Crippen LogP contribution in [0.2, 0.25) is 0 Å². The van der Waals surface area contributed by atoms with Crippen LogP contribution in [-0.2, 0) is 13.1 Å². The van der Waals surface area contributed by atoms with Gasteiger partial charge in [0.1, 0.15) is 0 Å². The molecule has 1 aromatic carbocycles. The van der Waals surface area contributed by atoms with E-state index in [4.69, 9.17) is 0 Å². The summed E-state index contributed by atoms with van der Waals surface area (Å²) in [4.78, 5) is 9.33. The van der Waals surface area contributed by atoms with E-state index in [1.165, 1.54) is 17.5 Å². The molecule has 2 saturated heterocycles. The summed E-state index contributed by atoms with van der Waals surface area (Å²) in [5.74, 6) is 2.47. The monoisotopic (exact) mass is 372 g/mol. The summed E-state index contributed by atoms with van der Waals surface area (Å²) in [6.45, 7) is 10.6. The second-order valence-electron chi connectivity index (χ2n) is 8.58. The number of guanidine groups is 1. The van der Waals surface area contributed by atoms with E-state index in [2.05, 4.69) is 58.2 Å². The van der Waals surface area contributed by atoms with Gasteiger partial charge in [0.25, 0.3) is 0 Å². The van der Waals surface area contributed by atoms with Gasteiger partial charge in [-0.05, 0) is 42.2 Å². The van der Waals surface area contributed by atoms with Crippen molar-refractivity contribution in [2.45, 2.75) is 52.3 Å². The fourth-order valence-corrected chi connectivity index (χ4v) is 4.45. The number of aliphatic hydroxyl groups excluding tert-OH is 1. The molecule has 0 saturated carbocycles. The molecule has 1 aromatic rings. The van der Waals surface area contributed by atoms with E-state index in [9.17, 15) is 5.11 Å². The van der Waals surface area contributed by atoms with Crippen LogP contribution in [0.15, 0.2) is 29.3 Å². The number of aliphatic imine (C=N–C) groups is 1. The molecular weight excluding hydrogens is 336 g/mol. The number of aliphatic hydroxyl groups is 1. The summed E-state index contributed by atoms with van der Waals surface area (Å²) in [5.41, 5.74) is 2.63. The predicted molar refractivity (Wildman–Crippen MR) is 112 cm³/mol. The van der Waals surface area contributed by atoms with Crippen molar-refractivity contribution in [3.05, 3.63) is 35.4 Å². The summed E-state index contributed by atoms with van der Waals surface area (Å²) in [6.07, 6.45) is 3.00. The van der Waals surface area contributed by atoms with Crippen molar-refractivity contribution in [2.24, 2.45) is 16.8 Å². The highest BCUT2D eigenvalue weighted by atomic mass is 16.3. The minimum atomic E-state index is -0.102. The van der Waals surface area contributed by atoms with Crippen molar-refractivity contribution in [1.82, 2.24) is 15.1 Å². The van der Waals surface area contributed by atoms with Crippen molar-refractivity contribution in [2.75, 3.05) is 33.2 Å². The van der Waals surface area contributed by atoms with E-state index in [0.29, 0.717) is 0 Å². The molecule has 0 amide bonds. The molecule has 2 unspecified atom stereocenters. The molecule has 0 spiro atoms. The Bertz CT molecular complexity index is 597. The minimum absolute atomic E-state index is 0.102. The van der Waals surface area contributed by atoms with Gasteiger partial charge in [-0.1, -0.05) is 38.1 Å². The number of likely N-dealkylation sites (tertiary alicyclic amines) is 2. The van der Waals surface area contributed by atoms with Crippen LogP contribution < -0.4 is 5.32 Å². The van der Waals surface area contributed by atoms with E-state index in [0.717, 1.165) is 69.9 Å². The quantitative estimate of drug-likeness (QED) is 0.630. The van der Waals surface area contributed by atoms with Gasteiger partial charge in [-0.25, -0.2) is 0 Å². The zero-order valence-electron chi connectivity index (χ0n) is 17.2. The van der Waals surface area contributed by atoms with Gasteiger partial charge in [-0.2, -0.15) is 0 Å². The van der Waals surface area contributed by atoms with Crippen LogP contribution in [0.25, 0.3) is 0 Å². The normalized spacial score (nSPS) is 25.6. The van der Waals surface area contributed by atoms with Crippen LogP contribution in [0, 0.1) is 11.8 Å². The molecule has 2 heterocycles. The molecule has 0 bridgehead atoms. The standard InChI is InChI=1S/C22H36N4O/c1-17-12-18(2)15-26(14-17)22(23-3)24-13-19-4-6-20(7-5-19)16-25-10-8-21(27)9-11-25/h4-7,17-18,21,27H,8-16H2,1-3H3,(H,23,24). The molecule has 3 rings (SSSR count). The van der Waals surface area contributed by atoms with E-state index >= 15 is 0 Å². The largest absolute Gasteiger partial charge is 0.393 e. The summed E-state index contributed by atoms with van der Waals surface area (Å²) < 4.78 is 0. The van der Waals surface area contributed by atoms with Crippen LogP contribution in [0.1, 0.15) is 44.2 Å². The summed E-state index contributed by atoms with van der Waals surface area (Å²) in [6, 6.07) is 8.90. The molecule has 0 aliphatic carbocycles. The van der Waals surface area contributed by atoms with Gasteiger partial charge in [0, 0.05) is 46.3 Å². The number of hydrogen-bond acceptors (Lipinski definition) is 3. The Morgan fingerprint density at radius 3 is 2.26 bits per heavy atom. The van der Waals surface area contributed by atoms with E-state index in [1.54, 1.807) is 0 Å². The lowest BCUT2D eigenvalue weighted by molar-refractivity contribution is 0.0792. The van der Waals surface area contributed by atoms with Crippen molar-refractivity contribution in [3.63, 3.8) is 0 Å². The number of benzene rings is 1. The molecule has 2 atom stereocenters. The maximum atomic E-state index is 9.63. The molecule has 2 aliphatic rings. The zero-order valence-corrected chi connectivity index (χ0v) is 17.2. The molecular formula is C22H36N4O. The summed E-state index contributed by atoms with van der Waals surface area (Å²) in [7, 11) is 1.88. The second kappa shape index (κ2) is 9.56. The summed E-state index contributed by atoms with van der Waals surface area (Å²) >= 11 is 0. The first kappa shape index (κ1) is 20.2. The van der Waals surface area contributed by atoms with Crippen molar-refractivity contribution in [1.29, 1.82) is 0 Å². The lowest BCUT2D eigenvalue weighted by atomic mass is 9.92. The zero-order chi connectivity index (χ0) is 19.2. The first-order valence-electron chi connectivity index (χ1n) is 10.5. The molecule has 0 radical (unpaired) electrons. The number of nitrogens with one attached hydrogen (secondary N) is 1. The Morgan fingerprint density at radius 1 is 1.07 bits per heavy atom. The lowest BCUT2D eigenvalue weighted by Gasteiger charge is -2.37. The molecule has 2 aliphatic heterocycles. The third-order valence-electron chi connectivity index (χ3n) is 5.82. The van der Waals surface area contributed by atoms with Crippen LogP contribution in [-0.4, -0.2) is 60.2 Å². The first-order valence-corrected chi connectivity index (χ1v) is 10.5. The molecule has 150 valence electrons. The van der Waals surface area contributed by atoms with Gasteiger partial charge in [0.15, 0.2) is 5.96 Å². The lowest BCUT2D eigenvalue weighted by Crippen LogP contribution is -2.48. The maximum absolute atomic E-state index is 9.63. The highest BCUT2D eigenvalue weighted by molar-refractivity contribution is 5.80. The molecule has 5 nitrogen and oxygen atoms in total. The predicted octanol–water partition coefficient (Wildman–Crippen LogP) is 2.70. The van der Waals surface area contributed by atoms with Gasteiger partial charge in [0.2, 0.25) is 0 Å². The minimum Gasteiger partial charge on any atom is -0.393 e. The van der Waals surface area contributed by atoms with Crippen LogP contribution >= 0.6 is 0 Å². The third-order valence-corrected chi connectivity index (χ3v) is 5.82. The van der Waals surface area contributed by atoms with Gasteiger partial charge < -0.3 is 15.3 Å². The molecule has 2 N–H and O–H groups in total. The van der Waals surface area contributed by atoms with Gasteiger partial charge in [-0.15, -0.1) is 0 Å². The van der Waals surface area contributed by atoms with Crippen molar-refractivity contribution in [3.8, 4) is 0 Å². The topological polar surface area (TPSA) is 51.1 Å². The van der Waals surface area contributed by atoms with Crippen LogP contribution in [0.4, 0.5) is 0 Å². The first-order chi connectivity index (χ1) is 13.0. The van der Waals surface area contributed by atoms with Crippen LogP contribution in [0.3, 0.4) is 0 Å². The SMILES string of the molecule is CN=C(NCc1ccc(CN2CCC(O)CC2)cc1)N1CC(C)CC(C)C1. The van der Waals surface area contributed by atoms with E-state index in [-0.39, 0.29) is 6.10 Å². The smallest absolute Gasteiger partial charge is 0.193 e. The fourth-order valence-electron chi connectivity index (χ4n) is 4.45. The third kappa shape index (κ3) is 5.94. The van der Waals surface area contributed by atoms with Gasteiger partial charge in [-0.3, -0.25) is 9.89 Å². The summed E-state index contributed by atoms with van der Waals surface area (Å²) in [5, 5.41) is 13.2. The average molecular weight is 373 g/mol. The Morgan fingerprint density at radius 2 is 1.67 bits per heavy atom. The number of nitrogens with zero attached hydrogens (tertiary/aromatic N) is 3. The van der Waals surface area contributed by atoms with E-state index in [1.807, 2.05) is 7.05 Å². The Labute approximate surface area is 164 Å². The number of piperidine rings is 2. The average Bonchev–Trinajstić information content (AvgIpc) is 2.65. The Balaban J connectivity index is 1.49. The molecule has 27 heavy (non-hydrogen) atoms. The van der Waals surface area contributed by atoms with Crippen LogP contribution in [0.5, 0.6) is 0 Å². The second-order valence-corrected chi connectivity index (χ2v) is 8.58.